The molecule has 0 atom stereocenters. The van der Waals surface area contributed by atoms with Gasteiger partial charge in [-0.25, -0.2) is 4.39 Å². The van der Waals surface area contributed by atoms with Crippen LogP contribution in [-0.2, 0) is 0 Å². The molecule has 1 aliphatic rings. The highest BCUT2D eigenvalue weighted by atomic mass is 19.1. The molecule has 128 valence electrons. The minimum Gasteiger partial charge on any atom is -0.367 e. The topological polar surface area (TPSA) is 32.5 Å². The predicted octanol–water partition coefficient (Wildman–Crippen LogP) is 3.35. The van der Waals surface area contributed by atoms with Crippen molar-refractivity contribution in [3.05, 3.63) is 54.3 Å². The summed E-state index contributed by atoms with van der Waals surface area (Å²) in [7, 11) is 0. The fourth-order valence-corrected chi connectivity index (χ4v) is 3.27. The van der Waals surface area contributed by atoms with E-state index in [9.17, 15) is 4.39 Å². The van der Waals surface area contributed by atoms with Crippen LogP contribution >= 0.6 is 0 Å². The fourth-order valence-electron chi connectivity index (χ4n) is 3.27. The minimum atomic E-state index is -0.132. The van der Waals surface area contributed by atoms with Crippen LogP contribution in [0.4, 0.5) is 10.1 Å². The molecule has 24 heavy (non-hydrogen) atoms. The standard InChI is InChI=1S/C20H26FN3/c21-19-16-18(17-6-2-1-3-7-17)8-9-20(19)24-14-12-23(13-15-24)11-5-4-10-22/h1-3,6-9,16H,4-5,10-15,22H2. The number of nitrogens with two attached hydrogens (primary N) is 1. The van der Waals surface area contributed by atoms with Crippen molar-refractivity contribution in [3.8, 4) is 11.1 Å². The van der Waals surface area contributed by atoms with Crippen molar-refractivity contribution in [1.82, 2.24) is 4.90 Å². The van der Waals surface area contributed by atoms with E-state index >= 15 is 0 Å². The Morgan fingerprint density at radius 1 is 0.875 bits per heavy atom. The van der Waals surface area contributed by atoms with Crippen molar-refractivity contribution in [2.45, 2.75) is 12.8 Å². The van der Waals surface area contributed by atoms with Gasteiger partial charge in [-0.1, -0.05) is 36.4 Å². The summed E-state index contributed by atoms with van der Waals surface area (Å²) in [4.78, 5) is 4.60. The van der Waals surface area contributed by atoms with E-state index in [4.69, 9.17) is 5.73 Å². The second-order valence-electron chi connectivity index (χ2n) is 6.36. The lowest BCUT2D eigenvalue weighted by Gasteiger charge is -2.36. The van der Waals surface area contributed by atoms with Gasteiger partial charge in [-0.05, 0) is 49.2 Å². The van der Waals surface area contributed by atoms with Crippen molar-refractivity contribution < 1.29 is 4.39 Å². The highest BCUT2D eigenvalue weighted by Gasteiger charge is 2.19. The highest BCUT2D eigenvalue weighted by Crippen LogP contribution is 2.27. The Balaban J connectivity index is 1.62. The zero-order valence-corrected chi connectivity index (χ0v) is 14.1. The Labute approximate surface area is 143 Å². The van der Waals surface area contributed by atoms with Crippen LogP contribution in [0.25, 0.3) is 11.1 Å². The first kappa shape index (κ1) is 16.9. The molecule has 1 aliphatic heterocycles. The summed E-state index contributed by atoms with van der Waals surface area (Å²) < 4.78 is 14.6. The van der Waals surface area contributed by atoms with E-state index in [0.29, 0.717) is 0 Å². The number of hydrogen-bond acceptors (Lipinski definition) is 3. The molecule has 1 saturated heterocycles. The summed E-state index contributed by atoms with van der Waals surface area (Å²) in [5.41, 5.74) is 8.24. The van der Waals surface area contributed by atoms with Crippen molar-refractivity contribution in [3.63, 3.8) is 0 Å². The molecule has 2 N–H and O–H groups in total. The zero-order chi connectivity index (χ0) is 16.8. The summed E-state index contributed by atoms with van der Waals surface area (Å²) in [6.07, 6.45) is 2.23. The lowest BCUT2D eigenvalue weighted by Crippen LogP contribution is -2.47. The maximum atomic E-state index is 14.6. The average molecular weight is 327 g/mol. The largest absolute Gasteiger partial charge is 0.367 e. The molecular formula is C20H26FN3. The van der Waals surface area contributed by atoms with E-state index in [1.165, 1.54) is 0 Å². The van der Waals surface area contributed by atoms with Crippen LogP contribution in [0.2, 0.25) is 0 Å². The molecule has 0 amide bonds. The quantitative estimate of drug-likeness (QED) is 0.826. The third kappa shape index (κ3) is 4.13. The molecule has 2 aromatic rings. The lowest BCUT2D eigenvalue weighted by atomic mass is 10.0. The molecule has 0 unspecified atom stereocenters. The summed E-state index contributed by atoms with van der Waals surface area (Å²) in [5, 5.41) is 0. The normalized spacial score (nSPS) is 15.7. The van der Waals surface area contributed by atoms with Gasteiger partial charge in [0.1, 0.15) is 5.82 Å². The second kappa shape index (κ2) is 8.27. The number of piperazine rings is 1. The summed E-state index contributed by atoms with van der Waals surface area (Å²) >= 11 is 0. The molecule has 1 heterocycles. The predicted molar refractivity (Wildman–Crippen MR) is 98.8 cm³/mol. The van der Waals surface area contributed by atoms with Gasteiger partial charge in [0.2, 0.25) is 0 Å². The van der Waals surface area contributed by atoms with Gasteiger partial charge in [-0.15, -0.1) is 0 Å². The average Bonchev–Trinajstić information content (AvgIpc) is 2.63. The first-order valence-corrected chi connectivity index (χ1v) is 8.80. The van der Waals surface area contributed by atoms with Crippen LogP contribution in [0, 0.1) is 5.82 Å². The zero-order valence-electron chi connectivity index (χ0n) is 14.1. The molecule has 4 heteroatoms. The third-order valence-electron chi connectivity index (χ3n) is 4.70. The second-order valence-corrected chi connectivity index (χ2v) is 6.36. The van der Waals surface area contributed by atoms with E-state index in [0.717, 1.165) is 68.9 Å². The molecule has 1 fully saturated rings. The van der Waals surface area contributed by atoms with Crippen LogP contribution in [0.1, 0.15) is 12.8 Å². The van der Waals surface area contributed by atoms with Crippen LogP contribution in [0.5, 0.6) is 0 Å². The minimum absolute atomic E-state index is 0.132. The summed E-state index contributed by atoms with van der Waals surface area (Å²) in [5.74, 6) is -0.132. The Morgan fingerprint density at radius 2 is 1.62 bits per heavy atom. The molecule has 3 rings (SSSR count). The van der Waals surface area contributed by atoms with Gasteiger partial charge in [-0.2, -0.15) is 0 Å². The number of halogens is 1. The van der Waals surface area contributed by atoms with Gasteiger partial charge in [0.05, 0.1) is 5.69 Å². The smallest absolute Gasteiger partial charge is 0.147 e. The Kier molecular flexibility index (Phi) is 5.83. The van der Waals surface area contributed by atoms with Gasteiger partial charge in [0.15, 0.2) is 0 Å². The van der Waals surface area contributed by atoms with E-state index in [-0.39, 0.29) is 5.82 Å². The molecule has 0 spiro atoms. The van der Waals surface area contributed by atoms with Gasteiger partial charge in [0, 0.05) is 26.2 Å². The molecule has 0 saturated carbocycles. The third-order valence-corrected chi connectivity index (χ3v) is 4.70. The Hall–Kier alpha value is -1.91. The Morgan fingerprint density at radius 3 is 2.29 bits per heavy atom. The van der Waals surface area contributed by atoms with E-state index in [2.05, 4.69) is 9.80 Å². The molecule has 0 aromatic heterocycles. The number of hydrogen-bond donors (Lipinski definition) is 1. The number of unbranched alkanes of at least 4 members (excludes halogenated alkanes) is 1. The van der Waals surface area contributed by atoms with E-state index < -0.39 is 0 Å². The molecule has 0 radical (unpaired) electrons. The summed E-state index contributed by atoms with van der Waals surface area (Å²) in [6.45, 7) is 5.60. The molecule has 0 aliphatic carbocycles. The number of rotatable bonds is 6. The summed E-state index contributed by atoms with van der Waals surface area (Å²) in [6, 6.07) is 15.5. The number of anilines is 1. The van der Waals surface area contributed by atoms with Crippen LogP contribution in [-0.4, -0.2) is 44.2 Å². The lowest BCUT2D eigenvalue weighted by molar-refractivity contribution is 0.253. The first-order chi connectivity index (χ1) is 11.8. The monoisotopic (exact) mass is 327 g/mol. The molecular weight excluding hydrogens is 301 g/mol. The van der Waals surface area contributed by atoms with Crippen LogP contribution in [0.15, 0.2) is 48.5 Å². The van der Waals surface area contributed by atoms with Gasteiger partial charge >= 0.3 is 0 Å². The molecule has 2 aromatic carbocycles. The maximum absolute atomic E-state index is 14.6. The van der Waals surface area contributed by atoms with Crippen molar-refractivity contribution >= 4 is 5.69 Å². The number of benzene rings is 2. The van der Waals surface area contributed by atoms with Gasteiger partial charge < -0.3 is 10.6 Å². The van der Waals surface area contributed by atoms with Gasteiger partial charge in [0.25, 0.3) is 0 Å². The van der Waals surface area contributed by atoms with Crippen molar-refractivity contribution in [2.24, 2.45) is 5.73 Å². The van der Waals surface area contributed by atoms with Crippen molar-refractivity contribution in [1.29, 1.82) is 0 Å². The SMILES string of the molecule is NCCCCN1CCN(c2ccc(-c3ccccc3)cc2F)CC1. The van der Waals surface area contributed by atoms with Crippen LogP contribution in [0.3, 0.4) is 0 Å². The molecule has 0 bridgehead atoms. The van der Waals surface area contributed by atoms with Crippen LogP contribution < -0.4 is 10.6 Å². The van der Waals surface area contributed by atoms with Crippen molar-refractivity contribution in [2.75, 3.05) is 44.2 Å². The van der Waals surface area contributed by atoms with E-state index in [1.54, 1.807) is 6.07 Å². The fraction of sp³-hybridized carbons (Fsp3) is 0.400. The van der Waals surface area contributed by atoms with Gasteiger partial charge in [-0.3, -0.25) is 4.90 Å². The Bertz CT molecular complexity index is 637. The number of nitrogens with zero attached hydrogens (tertiary/aromatic N) is 2. The molecule has 3 nitrogen and oxygen atoms in total. The van der Waals surface area contributed by atoms with E-state index in [1.807, 2.05) is 42.5 Å². The first-order valence-electron chi connectivity index (χ1n) is 8.80. The highest BCUT2D eigenvalue weighted by molar-refractivity contribution is 5.66. The maximum Gasteiger partial charge on any atom is 0.147 e.